The molecular formula is C9H6F3IO3. The largest absolute Gasteiger partial charge is 0.573 e. The molecule has 7 heteroatoms. The van der Waals surface area contributed by atoms with E-state index in [4.69, 9.17) is 0 Å². The Hall–Kier alpha value is -0.990. The number of ether oxygens (including phenoxy) is 2. The Kier molecular flexibility index (Phi) is 4.00. The maximum Gasteiger partial charge on any atom is 0.573 e. The number of hydrogen-bond acceptors (Lipinski definition) is 3. The van der Waals surface area contributed by atoms with Gasteiger partial charge in [0.1, 0.15) is 5.75 Å². The van der Waals surface area contributed by atoms with Crippen LogP contribution >= 0.6 is 22.6 Å². The van der Waals surface area contributed by atoms with E-state index < -0.39 is 12.3 Å². The Balaban J connectivity index is 2.96. The maximum absolute atomic E-state index is 11.9. The summed E-state index contributed by atoms with van der Waals surface area (Å²) in [5.74, 6) is -0.979. The lowest BCUT2D eigenvalue weighted by molar-refractivity contribution is -0.274. The zero-order valence-electron chi connectivity index (χ0n) is 7.97. The quantitative estimate of drug-likeness (QED) is 0.610. The predicted molar refractivity (Wildman–Crippen MR) is 57.2 cm³/mol. The van der Waals surface area contributed by atoms with Crippen molar-refractivity contribution in [3.8, 4) is 5.75 Å². The summed E-state index contributed by atoms with van der Waals surface area (Å²) < 4.78 is 44.1. The number of methoxy groups -OCH3 is 1. The van der Waals surface area contributed by atoms with Gasteiger partial charge < -0.3 is 9.47 Å². The van der Waals surface area contributed by atoms with E-state index in [1.165, 1.54) is 13.2 Å². The minimum atomic E-state index is -4.74. The second-order valence-electron chi connectivity index (χ2n) is 2.68. The standard InChI is InChI=1S/C9H6F3IO3/c1-15-8(14)6-3-2-5(4-7(6)13)16-9(10,11)12/h2-4H,1H3. The fourth-order valence-electron chi connectivity index (χ4n) is 0.968. The molecule has 0 fully saturated rings. The van der Waals surface area contributed by atoms with Crippen LogP contribution in [0.2, 0.25) is 0 Å². The van der Waals surface area contributed by atoms with Crippen molar-refractivity contribution in [3.05, 3.63) is 27.3 Å². The average molecular weight is 346 g/mol. The van der Waals surface area contributed by atoms with Gasteiger partial charge >= 0.3 is 12.3 Å². The molecule has 0 aliphatic carbocycles. The van der Waals surface area contributed by atoms with Crippen molar-refractivity contribution >= 4 is 28.6 Å². The summed E-state index contributed by atoms with van der Waals surface area (Å²) in [4.78, 5) is 11.1. The van der Waals surface area contributed by atoms with Crippen LogP contribution < -0.4 is 4.74 Å². The smallest absolute Gasteiger partial charge is 0.465 e. The third-order valence-corrected chi connectivity index (χ3v) is 2.47. The van der Waals surface area contributed by atoms with Crippen molar-refractivity contribution in [2.45, 2.75) is 6.36 Å². The molecule has 0 unspecified atom stereocenters. The van der Waals surface area contributed by atoms with Crippen LogP contribution in [-0.4, -0.2) is 19.4 Å². The number of carbonyl (C=O) groups excluding carboxylic acids is 1. The average Bonchev–Trinajstić information content (AvgIpc) is 2.14. The van der Waals surface area contributed by atoms with Crippen LogP contribution in [0.25, 0.3) is 0 Å². The number of alkyl halides is 3. The van der Waals surface area contributed by atoms with Gasteiger partial charge in [-0.1, -0.05) is 0 Å². The second-order valence-corrected chi connectivity index (χ2v) is 3.84. The lowest BCUT2D eigenvalue weighted by Crippen LogP contribution is -2.17. The summed E-state index contributed by atoms with van der Waals surface area (Å²) in [6.45, 7) is 0. The monoisotopic (exact) mass is 346 g/mol. The van der Waals surface area contributed by atoms with E-state index in [0.29, 0.717) is 3.57 Å². The third-order valence-electron chi connectivity index (χ3n) is 1.58. The molecule has 0 saturated heterocycles. The SMILES string of the molecule is COC(=O)c1ccc(OC(F)(F)F)cc1I. The van der Waals surface area contributed by atoms with E-state index in [1.54, 1.807) is 22.6 Å². The highest BCUT2D eigenvalue weighted by atomic mass is 127. The number of esters is 1. The number of rotatable bonds is 2. The first-order chi connectivity index (χ1) is 7.33. The first-order valence-corrected chi connectivity index (χ1v) is 5.05. The lowest BCUT2D eigenvalue weighted by atomic mass is 10.2. The van der Waals surface area contributed by atoms with Crippen molar-refractivity contribution in [1.29, 1.82) is 0 Å². The first kappa shape index (κ1) is 13.1. The molecule has 0 radical (unpaired) electrons. The van der Waals surface area contributed by atoms with E-state index >= 15 is 0 Å². The number of benzene rings is 1. The van der Waals surface area contributed by atoms with Gasteiger partial charge in [0, 0.05) is 3.57 Å². The molecule has 1 aromatic rings. The van der Waals surface area contributed by atoms with E-state index in [2.05, 4.69) is 9.47 Å². The normalized spacial score (nSPS) is 11.1. The van der Waals surface area contributed by atoms with Gasteiger partial charge in [0.05, 0.1) is 12.7 Å². The van der Waals surface area contributed by atoms with Gasteiger partial charge in [-0.3, -0.25) is 0 Å². The van der Waals surface area contributed by atoms with Gasteiger partial charge in [0.15, 0.2) is 0 Å². The van der Waals surface area contributed by atoms with Crippen LogP contribution in [0.1, 0.15) is 10.4 Å². The summed E-state index contributed by atoms with van der Waals surface area (Å²) in [6.07, 6.45) is -4.74. The molecule has 0 aliphatic heterocycles. The van der Waals surface area contributed by atoms with Gasteiger partial charge in [-0.2, -0.15) is 0 Å². The van der Waals surface area contributed by atoms with Gasteiger partial charge in [-0.25, -0.2) is 4.79 Å². The zero-order chi connectivity index (χ0) is 12.3. The fraction of sp³-hybridized carbons (Fsp3) is 0.222. The molecule has 0 saturated carbocycles. The molecule has 16 heavy (non-hydrogen) atoms. The molecule has 0 bridgehead atoms. The Morgan fingerprint density at radius 1 is 1.38 bits per heavy atom. The highest BCUT2D eigenvalue weighted by Gasteiger charge is 2.31. The van der Waals surface area contributed by atoms with Gasteiger partial charge in [-0.05, 0) is 40.8 Å². The van der Waals surface area contributed by atoms with E-state index in [9.17, 15) is 18.0 Å². The van der Waals surface area contributed by atoms with E-state index in [1.807, 2.05) is 0 Å². The summed E-state index contributed by atoms with van der Waals surface area (Å²) >= 11 is 1.73. The predicted octanol–water partition coefficient (Wildman–Crippen LogP) is 2.98. The Bertz CT molecular complexity index is 403. The fourth-order valence-corrected chi connectivity index (χ4v) is 1.68. The number of halogens is 4. The van der Waals surface area contributed by atoms with E-state index in [0.717, 1.165) is 12.1 Å². The highest BCUT2D eigenvalue weighted by Crippen LogP contribution is 2.26. The summed E-state index contributed by atoms with van der Waals surface area (Å²) in [5, 5.41) is 0. The van der Waals surface area contributed by atoms with Crippen LogP contribution in [0, 0.1) is 3.57 Å². The minimum Gasteiger partial charge on any atom is -0.465 e. The van der Waals surface area contributed by atoms with Crippen molar-refractivity contribution in [3.63, 3.8) is 0 Å². The van der Waals surface area contributed by atoms with Crippen LogP contribution in [0.15, 0.2) is 18.2 Å². The van der Waals surface area contributed by atoms with Crippen molar-refractivity contribution in [1.82, 2.24) is 0 Å². The summed E-state index contributed by atoms with van der Waals surface area (Å²) in [5.41, 5.74) is 0.192. The molecule has 0 spiro atoms. The lowest BCUT2D eigenvalue weighted by Gasteiger charge is -2.10. The second kappa shape index (κ2) is 4.89. The molecule has 0 aliphatic rings. The Morgan fingerprint density at radius 2 is 2.00 bits per heavy atom. The third kappa shape index (κ3) is 3.54. The van der Waals surface area contributed by atoms with Crippen LogP contribution in [0.3, 0.4) is 0 Å². The van der Waals surface area contributed by atoms with Gasteiger partial charge in [0.25, 0.3) is 0 Å². The number of carbonyl (C=O) groups is 1. The van der Waals surface area contributed by atoms with Crippen LogP contribution in [0.4, 0.5) is 13.2 Å². The molecule has 0 heterocycles. The van der Waals surface area contributed by atoms with Gasteiger partial charge in [-0.15, -0.1) is 13.2 Å². The van der Waals surface area contributed by atoms with Crippen LogP contribution in [0.5, 0.6) is 5.75 Å². The van der Waals surface area contributed by atoms with Crippen molar-refractivity contribution in [2.24, 2.45) is 0 Å². The van der Waals surface area contributed by atoms with Crippen molar-refractivity contribution in [2.75, 3.05) is 7.11 Å². The maximum atomic E-state index is 11.9. The van der Waals surface area contributed by atoms with Crippen molar-refractivity contribution < 1.29 is 27.4 Å². The zero-order valence-corrected chi connectivity index (χ0v) is 10.1. The molecule has 1 aromatic carbocycles. The molecule has 0 aromatic heterocycles. The topological polar surface area (TPSA) is 35.5 Å². The van der Waals surface area contributed by atoms with Gasteiger partial charge in [0.2, 0.25) is 0 Å². The summed E-state index contributed by atoms with van der Waals surface area (Å²) in [6, 6.07) is 3.39. The minimum absolute atomic E-state index is 0.192. The molecule has 88 valence electrons. The molecular weight excluding hydrogens is 340 g/mol. The highest BCUT2D eigenvalue weighted by molar-refractivity contribution is 14.1. The first-order valence-electron chi connectivity index (χ1n) is 3.97. The molecule has 0 atom stereocenters. The molecule has 3 nitrogen and oxygen atoms in total. The summed E-state index contributed by atoms with van der Waals surface area (Å²) in [7, 11) is 1.19. The molecule has 1 rings (SSSR count). The Morgan fingerprint density at radius 3 is 2.44 bits per heavy atom. The molecule has 0 N–H and O–H groups in total. The van der Waals surface area contributed by atoms with Crippen LogP contribution in [-0.2, 0) is 4.74 Å². The number of hydrogen-bond donors (Lipinski definition) is 0. The van der Waals surface area contributed by atoms with E-state index in [-0.39, 0.29) is 11.3 Å². The molecule has 0 amide bonds. The Labute approximate surface area is 103 Å².